The van der Waals surface area contributed by atoms with Crippen LogP contribution in [-0.2, 0) is 16.1 Å². The molecule has 0 unspecified atom stereocenters. The van der Waals surface area contributed by atoms with Gasteiger partial charge in [0.15, 0.2) is 0 Å². The molecule has 2 aromatic heterocycles. The van der Waals surface area contributed by atoms with Gasteiger partial charge in [0.2, 0.25) is 0 Å². The van der Waals surface area contributed by atoms with E-state index in [1.165, 1.54) is 0 Å². The zero-order valence-electron chi connectivity index (χ0n) is 13.5. The quantitative estimate of drug-likeness (QED) is 0.676. The monoisotopic (exact) mass is 338 g/mol. The largest absolute Gasteiger partial charge is 0.469 e. The van der Waals surface area contributed by atoms with Crippen LogP contribution in [0, 0.1) is 0 Å². The molecule has 0 spiro atoms. The molecule has 0 saturated heterocycles. The van der Waals surface area contributed by atoms with E-state index in [0.717, 1.165) is 5.56 Å². The van der Waals surface area contributed by atoms with Gasteiger partial charge in [0, 0.05) is 13.1 Å². The van der Waals surface area contributed by atoms with Crippen LogP contribution < -0.4 is 10.6 Å². The second-order valence-electron chi connectivity index (χ2n) is 5.46. The molecule has 0 fully saturated rings. The minimum Gasteiger partial charge on any atom is -0.469 e. The Morgan fingerprint density at radius 1 is 0.800 bits per heavy atom. The summed E-state index contributed by atoms with van der Waals surface area (Å²) in [5.74, 6) is -0.365. The molecule has 128 valence electrons. The number of hydrogen-bond acceptors (Lipinski definition) is 4. The fourth-order valence-corrected chi connectivity index (χ4v) is 2.45. The fourth-order valence-electron chi connectivity index (χ4n) is 2.45. The summed E-state index contributed by atoms with van der Waals surface area (Å²) in [5.41, 5.74) is 0.924. The summed E-state index contributed by atoms with van der Waals surface area (Å²) in [5, 5.41) is 5.22. The lowest BCUT2D eigenvalue weighted by molar-refractivity contribution is -0.139. The minimum atomic E-state index is -0.695. The lowest BCUT2D eigenvalue weighted by Gasteiger charge is -2.13. The van der Waals surface area contributed by atoms with Crippen LogP contribution in [0.5, 0.6) is 0 Å². The van der Waals surface area contributed by atoms with Crippen LogP contribution in [0.25, 0.3) is 0 Å². The number of furan rings is 2. The molecule has 3 aromatic rings. The average molecular weight is 338 g/mol. The molecule has 1 aromatic carbocycles. The smallest absolute Gasteiger partial charge is 0.309 e. The molecular weight excluding hydrogens is 320 g/mol. The van der Waals surface area contributed by atoms with Crippen LogP contribution in [0.15, 0.2) is 76.0 Å². The zero-order valence-corrected chi connectivity index (χ0v) is 13.5. The first-order valence-corrected chi connectivity index (χ1v) is 7.91. The Labute approximate surface area is 144 Å². The van der Waals surface area contributed by atoms with Crippen LogP contribution in [0.1, 0.15) is 23.0 Å². The van der Waals surface area contributed by atoms with Crippen LogP contribution in [0.3, 0.4) is 0 Å². The molecule has 0 aliphatic rings. The van der Waals surface area contributed by atoms with E-state index >= 15 is 0 Å². The van der Waals surface area contributed by atoms with E-state index in [2.05, 4.69) is 10.6 Å². The second kappa shape index (κ2) is 8.01. The highest BCUT2D eigenvalue weighted by atomic mass is 16.3. The highest BCUT2D eigenvalue weighted by Gasteiger charge is 2.22. The molecule has 2 N–H and O–H groups in total. The van der Waals surface area contributed by atoms with Crippen molar-refractivity contribution in [3.8, 4) is 0 Å². The van der Waals surface area contributed by atoms with Crippen LogP contribution in [-0.4, -0.2) is 18.4 Å². The van der Waals surface area contributed by atoms with Crippen LogP contribution in [0.2, 0.25) is 0 Å². The van der Waals surface area contributed by atoms with Crippen molar-refractivity contribution >= 4 is 11.8 Å². The van der Waals surface area contributed by atoms with E-state index in [1.807, 2.05) is 30.3 Å². The second-order valence-corrected chi connectivity index (χ2v) is 5.46. The molecule has 0 radical (unpaired) electrons. The van der Waals surface area contributed by atoms with Crippen molar-refractivity contribution in [1.82, 2.24) is 10.6 Å². The molecule has 0 aliphatic carbocycles. The van der Waals surface area contributed by atoms with Gasteiger partial charge in [0.25, 0.3) is 0 Å². The molecule has 25 heavy (non-hydrogen) atoms. The van der Waals surface area contributed by atoms with Crippen LogP contribution in [0.4, 0.5) is 0 Å². The third-order valence-electron chi connectivity index (χ3n) is 3.74. The van der Waals surface area contributed by atoms with Gasteiger partial charge in [0.05, 0.1) is 18.4 Å². The van der Waals surface area contributed by atoms with E-state index < -0.39 is 11.8 Å². The number of amides is 2. The van der Waals surface area contributed by atoms with Gasteiger partial charge in [-0.15, -0.1) is 0 Å². The first-order valence-electron chi connectivity index (χ1n) is 7.91. The molecule has 6 heteroatoms. The van der Waals surface area contributed by atoms with Gasteiger partial charge < -0.3 is 19.5 Å². The van der Waals surface area contributed by atoms with Gasteiger partial charge in [-0.25, -0.2) is 0 Å². The number of benzene rings is 1. The standard InChI is InChI=1S/C19H18N2O4/c22-18(20-12-14-6-2-1-3-7-14)19(23)21-13-15(16-8-4-10-24-16)17-9-5-11-25-17/h1-11,15H,12-13H2,(H,20,22)(H,21,23). The first kappa shape index (κ1) is 16.6. The summed E-state index contributed by atoms with van der Waals surface area (Å²) in [4.78, 5) is 24.0. The molecule has 2 amide bonds. The molecule has 3 rings (SSSR count). The summed E-state index contributed by atoms with van der Waals surface area (Å²) in [7, 11) is 0. The van der Waals surface area contributed by atoms with Crippen molar-refractivity contribution in [3.05, 3.63) is 84.2 Å². The van der Waals surface area contributed by atoms with Gasteiger partial charge in [-0.3, -0.25) is 9.59 Å². The van der Waals surface area contributed by atoms with E-state index in [9.17, 15) is 9.59 Å². The molecule has 0 saturated carbocycles. The SMILES string of the molecule is O=C(NCc1ccccc1)C(=O)NCC(c1ccco1)c1ccco1. The highest BCUT2D eigenvalue weighted by molar-refractivity contribution is 6.35. The summed E-state index contributed by atoms with van der Waals surface area (Å²) < 4.78 is 10.8. The maximum Gasteiger partial charge on any atom is 0.309 e. The first-order chi connectivity index (χ1) is 12.2. The van der Waals surface area contributed by atoms with E-state index in [-0.39, 0.29) is 12.5 Å². The van der Waals surface area contributed by atoms with Crippen molar-refractivity contribution in [1.29, 1.82) is 0 Å². The van der Waals surface area contributed by atoms with E-state index in [1.54, 1.807) is 36.8 Å². The normalized spacial score (nSPS) is 10.6. The summed E-state index contributed by atoms with van der Waals surface area (Å²) in [6.45, 7) is 0.492. The number of hydrogen-bond donors (Lipinski definition) is 2. The fraction of sp³-hybridized carbons (Fsp3) is 0.158. The van der Waals surface area contributed by atoms with Gasteiger partial charge in [0.1, 0.15) is 11.5 Å². The predicted octanol–water partition coefficient (Wildman–Crippen LogP) is 2.44. The molecule has 0 bridgehead atoms. The Balaban J connectivity index is 1.55. The van der Waals surface area contributed by atoms with Crippen molar-refractivity contribution in [3.63, 3.8) is 0 Å². The zero-order chi connectivity index (χ0) is 17.5. The molecule has 0 atom stereocenters. The van der Waals surface area contributed by atoms with Gasteiger partial charge >= 0.3 is 11.8 Å². The summed E-state index contributed by atoms with van der Waals surface area (Å²) in [6.07, 6.45) is 3.11. The predicted molar refractivity (Wildman–Crippen MR) is 90.6 cm³/mol. The van der Waals surface area contributed by atoms with Crippen molar-refractivity contribution < 1.29 is 18.4 Å². The molecule has 0 aliphatic heterocycles. The molecular formula is C19H18N2O4. The average Bonchev–Trinajstić information content (AvgIpc) is 3.35. The Kier molecular flexibility index (Phi) is 5.31. The highest BCUT2D eigenvalue weighted by Crippen LogP contribution is 2.24. The lowest BCUT2D eigenvalue weighted by atomic mass is 10.0. The Morgan fingerprint density at radius 2 is 1.40 bits per heavy atom. The number of carbonyl (C=O) groups is 2. The van der Waals surface area contributed by atoms with Gasteiger partial charge in [-0.05, 0) is 29.8 Å². The van der Waals surface area contributed by atoms with Gasteiger partial charge in [-0.2, -0.15) is 0 Å². The van der Waals surface area contributed by atoms with Crippen LogP contribution >= 0.6 is 0 Å². The van der Waals surface area contributed by atoms with Crippen molar-refractivity contribution in [2.45, 2.75) is 12.5 Å². The lowest BCUT2D eigenvalue weighted by Crippen LogP contribution is -2.41. The topological polar surface area (TPSA) is 84.5 Å². The number of rotatable bonds is 6. The minimum absolute atomic E-state index is 0.193. The van der Waals surface area contributed by atoms with Crippen molar-refractivity contribution in [2.24, 2.45) is 0 Å². The van der Waals surface area contributed by atoms with E-state index in [0.29, 0.717) is 18.1 Å². The third-order valence-corrected chi connectivity index (χ3v) is 3.74. The Hall–Kier alpha value is -3.28. The maximum absolute atomic E-state index is 12.0. The molecule has 6 nitrogen and oxygen atoms in total. The third kappa shape index (κ3) is 4.38. The molecule has 2 heterocycles. The Morgan fingerprint density at radius 3 is 1.96 bits per heavy atom. The summed E-state index contributed by atoms with van der Waals surface area (Å²) >= 11 is 0. The number of carbonyl (C=O) groups excluding carboxylic acids is 2. The van der Waals surface area contributed by atoms with E-state index in [4.69, 9.17) is 8.83 Å². The number of nitrogens with one attached hydrogen (secondary N) is 2. The van der Waals surface area contributed by atoms with Crippen molar-refractivity contribution in [2.75, 3.05) is 6.54 Å². The Bertz CT molecular complexity index is 761. The maximum atomic E-state index is 12.0. The van der Waals surface area contributed by atoms with Gasteiger partial charge in [-0.1, -0.05) is 30.3 Å². The summed E-state index contributed by atoms with van der Waals surface area (Å²) in [6, 6.07) is 16.5.